The van der Waals surface area contributed by atoms with Crippen molar-refractivity contribution in [1.82, 2.24) is 14.9 Å². The molecule has 1 N–H and O–H groups in total. The van der Waals surface area contributed by atoms with E-state index in [9.17, 15) is 0 Å². The van der Waals surface area contributed by atoms with Crippen LogP contribution < -0.4 is 5.32 Å². The summed E-state index contributed by atoms with van der Waals surface area (Å²) in [5.41, 5.74) is 1.20. The zero-order valence-corrected chi connectivity index (χ0v) is 11.6. The molecule has 3 unspecified atom stereocenters. The summed E-state index contributed by atoms with van der Waals surface area (Å²) in [5, 5.41) is 3.53. The molecule has 0 aromatic carbocycles. The Bertz CT molecular complexity index is 394. The Morgan fingerprint density at radius 2 is 2.11 bits per heavy atom. The van der Waals surface area contributed by atoms with Crippen molar-refractivity contribution in [3.8, 4) is 0 Å². The lowest BCUT2D eigenvalue weighted by molar-refractivity contribution is 0.207. The van der Waals surface area contributed by atoms with Crippen LogP contribution in [0.15, 0.2) is 12.5 Å². The van der Waals surface area contributed by atoms with E-state index in [0.717, 1.165) is 24.4 Å². The van der Waals surface area contributed by atoms with Crippen molar-refractivity contribution in [1.29, 1.82) is 0 Å². The first-order chi connectivity index (χ1) is 8.72. The predicted octanol–water partition coefficient (Wildman–Crippen LogP) is 3.13. The minimum absolute atomic E-state index is 0.670. The van der Waals surface area contributed by atoms with Gasteiger partial charge in [0.15, 0.2) is 0 Å². The molecule has 0 aliphatic heterocycles. The first-order valence-corrected chi connectivity index (χ1v) is 7.48. The van der Waals surface area contributed by atoms with Crippen LogP contribution in [0, 0.1) is 11.8 Å². The van der Waals surface area contributed by atoms with Gasteiger partial charge in [0.1, 0.15) is 0 Å². The standard InChI is InChI=1S/C15H25N3/c1-11-3-6-15(12(2)7-11)18-9-14(17-10-18)8-16-13-4-5-13/h9-13,15-16H,3-8H2,1-2H3. The van der Waals surface area contributed by atoms with Gasteiger partial charge in [-0.05, 0) is 43.9 Å². The van der Waals surface area contributed by atoms with Crippen molar-refractivity contribution in [2.24, 2.45) is 11.8 Å². The average molecular weight is 247 g/mol. The Balaban J connectivity index is 1.60. The molecule has 18 heavy (non-hydrogen) atoms. The normalized spacial score (nSPS) is 32.7. The third-order valence-corrected chi connectivity index (χ3v) is 4.57. The molecule has 0 amide bonds. The van der Waals surface area contributed by atoms with Crippen molar-refractivity contribution >= 4 is 0 Å². The molecule has 3 rings (SSSR count). The van der Waals surface area contributed by atoms with Crippen LogP contribution >= 0.6 is 0 Å². The van der Waals surface area contributed by atoms with Crippen molar-refractivity contribution in [3.05, 3.63) is 18.2 Å². The van der Waals surface area contributed by atoms with E-state index in [2.05, 4.69) is 34.9 Å². The molecule has 2 fully saturated rings. The van der Waals surface area contributed by atoms with E-state index in [0.29, 0.717) is 6.04 Å². The van der Waals surface area contributed by atoms with Crippen LogP contribution in [0.25, 0.3) is 0 Å². The number of rotatable bonds is 4. The van der Waals surface area contributed by atoms with Gasteiger partial charge in [-0.15, -0.1) is 0 Å². The van der Waals surface area contributed by atoms with E-state index in [-0.39, 0.29) is 0 Å². The highest BCUT2D eigenvalue weighted by molar-refractivity contribution is 5.00. The van der Waals surface area contributed by atoms with Crippen LogP contribution in [-0.4, -0.2) is 15.6 Å². The Morgan fingerprint density at radius 1 is 1.28 bits per heavy atom. The molecule has 1 aromatic heterocycles. The Morgan fingerprint density at radius 3 is 2.83 bits per heavy atom. The van der Waals surface area contributed by atoms with Crippen LogP contribution in [0.5, 0.6) is 0 Å². The maximum atomic E-state index is 4.55. The largest absolute Gasteiger partial charge is 0.334 e. The number of nitrogens with zero attached hydrogens (tertiary/aromatic N) is 2. The molecule has 2 aliphatic carbocycles. The van der Waals surface area contributed by atoms with Gasteiger partial charge in [0, 0.05) is 24.8 Å². The zero-order valence-electron chi connectivity index (χ0n) is 11.6. The molecule has 2 saturated carbocycles. The third kappa shape index (κ3) is 2.77. The van der Waals surface area contributed by atoms with Crippen molar-refractivity contribution in [2.45, 2.75) is 64.6 Å². The fourth-order valence-electron chi connectivity index (χ4n) is 3.28. The van der Waals surface area contributed by atoms with Crippen LogP contribution in [0.4, 0.5) is 0 Å². The van der Waals surface area contributed by atoms with Gasteiger partial charge in [-0.25, -0.2) is 4.98 Å². The number of nitrogens with one attached hydrogen (secondary N) is 1. The quantitative estimate of drug-likeness (QED) is 0.886. The van der Waals surface area contributed by atoms with Crippen molar-refractivity contribution in [2.75, 3.05) is 0 Å². The second kappa shape index (κ2) is 5.04. The first-order valence-electron chi connectivity index (χ1n) is 7.48. The second-order valence-electron chi connectivity index (χ2n) is 6.43. The molecule has 1 heterocycles. The monoisotopic (exact) mass is 247 g/mol. The Labute approximate surface area is 110 Å². The Hall–Kier alpha value is -0.830. The number of hydrogen-bond acceptors (Lipinski definition) is 2. The molecule has 3 nitrogen and oxygen atoms in total. The summed E-state index contributed by atoms with van der Waals surface area (Å²) in [7, 11) is 0. The number of aromatic nitrogens is 2. The molecule has 1 aromatic rings. The summed E-state index contributed by atoms with van der Waals surface area (Å²) in [6, 6.07) is 1.44. The topological polar surface area (TPSA) is 29.9 Å². The molecule has 2 aliphatic rings. The molecular formula is C15H25N3. The van der Waals surface area contributed by atoms with Gasteiger partial charge in [-0.1, -0.05) is 13.8 Å². The zero-order chi connectivity index (χ0) is 12.5. The van der Waals surface area contributed by atoms with E-state index in [1.807, 2.05) is 6.33 Å². The van der Waals surface area contributed by atoms with Crippen LogP contribution in [0.2, 0.25) is 0 Å². The summed E-state index contributed by atoms with van der Waals surface area (Å²) in [6.07, 6.45) is 11.0. The molecule has 0 bridgehead atoms. The minimum atomic E-state index is 0.670. The van der Waals surface area contributed by atoms with Gasteiger partial charge in [-0.2, -0.15) is 0 Å². The summed E-state index contributed by atoms with van der Waals surface area (Å²) >= 11 is 0. The van der Waals surface area contributed by atoms with Crippen LogP contribution in [0.3, 0.4) is 0 Å². The molecule has 3 heteroatoms. The number of hydrogen-bond donors (Lipinski definition) is 1. The van der Waals surface area contributed by atoms with E-state index in [1.54, 1.807) is 0 Å². The van der Waals surface area contributed by atoms with Gasteiger partial charge < -0.3 is 9.88 Å². The predicted molar refractivity (Wildman–Crippen MR) is 73.3 cm³/mol. The van der Waals surface area contributed by atoms with E-state index in [1.165, 1.54) is 37.8 Å². The lowest BCUT2D eigenvalue weighted by atomic mass is 9.80. The van der Waals surface area contributed by atoms with Crippen LogP contribution in [0.1, 0.15) is 57.7 Å². The molecule has 0 spiro atoms. The van der Waals surface area contributed by atoms with Gasteiger partial charge in [0.05, 0.1) is 12.0 Å². The molecule has 0 radical (unpaired) electrons. The van der Waals surface area contributed by atoms with E-state index >= 15 is 0 Å². The van der Waals surface area contributed by atoms with Gasteiger partial charge in [0.2, 0.25) is 0 Å². The van der Waals surface area contributed by atoms with Gasteiger partial charge >= 0.3 is 0 Å². The number of imidazole rings is 1. The highest BCUT2D eigenvalue weighted by Gasteiger charge is 2.26. The highest BCUT2D eigenvalue weighted by atomic mass is 15.1. The van der Waals surface area contributed by atoms with E-state index in [4.69, 9.17) is 0 Å². The Kier molecular flexibility index (Phi) is 3.42. The third-order valence-electron chi connectivity index (χ3n) is 4.57. The maximum Gasteiger partial charge on any atom is 0.0952 e. The van der Waals surface area contributed by atoms with E-state index < -0.39 is 0 Å². The lowest BCUT2D eigenvalue weighted by Gasteiger charge is -2.33. The fraction of sp³-hybridized carbons (Fsp3) is 0.800. The smallest absolute Gasteiger partial charge is 0.0952 e. The summed E-state index contributed by atoms with van der Waals surface area (Å²) in [4.78, 5) is 4.55. The summed E-state index contributed by atoms with van der Waals surface area (Å²) in [6.45, 7) is 5.71. The average Bonchev–Trinajstić information content (AvgIpc) is 3.05. The second-order valence-corrected chi connectivity index (χ2v) is 6.43. The molecular weight excluding hydrogens is 222 g/mol. The van der Waals surface area contributed by atoms with Crippen LogP contribution in [-0.2, 0) is 6.54 Å². The summed E-state index contributed by atoms with van der Waals surface area (Å²) < 4.78 is 2.36. The first kappa shape index (κ1) is 12.2. The molecule has 100 valence electrons. The minimum Gasteiger partial charge on any atom is -0.334 e. The highest BCUT2D eigenvalue weighted by Crippen LogP contribution is 2.36. The molecule has 3 atom stereocenters. The summed E-state index contributed by atoms with van der Waals surface area (Å²) in [5.74, 6) is 1.68. The fourth-order valence-corrected chi connectivity index (χ4v) is 3.28. The van der Waals surface area contributed by atoms with Crippen molar-refractivity contribution in [3.63, 3.8) is 0 Å². The lowest BCUT2D eigenvalue weighted by Crippen LogP contribution is -2.24. The van der Waals surface area contributed by atoms with Crippen molar-refractivity contribution < 1.29 is 0 Å². The SMILES string of the molecule is CC1CCC(n2cnc(CNC3CC3)c2)C(C)C1. The van der Waals surface area contributed by atoms with Gasteiger partial charge in [-0.3, -0.25) is 0 Å². The maximum absolute atomic E-state index is 4.55. The molecule has 0 saturated heterocycles. The van der Waals surface area contributed by atoms with Gasteiger partial charge in [0.25, 0.3) is 0 Å².